The van der Waals surface area contributed by atoms with Crippen LogP contribution in [0.3, 0.4) is 0 Å². The van der Waals surface area contributed by atoms with E-state index < -0.39 is 15.8 Å². The van der Waals surface area contributed by atoms with Crippen LogP contribution in [-0.2, 0) is 21.1 Å². The molecule has 1 aromatic carbocycles. The highest BCUT2D eigenvalue weighted by atomic mass is 32.2. The molecule has 0 spiro atoms. The Morgan fingerprint density at radius 3 is 2.55 bits per heavy atom. The number of hydrogen-bond acceptors (Lipinski definition) is 4. The molecule has 0 radical (unpaired) electrons. The molecule has 0 aliphatic carbocycles. The van der Waals surface area contributed by atoms with Crippen LogP contribution in [-0.4, -0.2) is 32.9 Å². The summed E-state index contributed by atoms with van der Waals surface area (Å²) in [6, 6.07) is 11.3. The van der Waals surface area contributed by atoms with Gasteiger partial charge < -0.3 is 5.32 Å². The standard InChI is InChI=1S/C14H18N2O3S/c1-20(18,19)9-5-8-16-14(17)13(11-15)10-12-6-3-2-4-7-12/h2-4,6-7,13H,5,8-10H2,1H3,(H,16,17). The molecule has 0 saturated heterocycles. The van der Waals surface area contributed by atoms with Gasteiger partial charge in [-0.2, -0.15) is 5.26 Å². The Labute approximate surface area is 119 Å². The Morgan fingerprint density at radius 2 is 2.00 bits per heavy atom. The van der Waals surface area contributed by atoms with Gasteiger partial charge in [0.2, 0.25) is 5.91 Å². The summed E-state index contributed by atoms with van der Waals surface area (Å²) in [5, 5.41) is 11.6. The molecule has 0 aromatic heterocycles. The SMILES string of the molecule is CS(=O)(=O)CCCNC(=O)C(C#N)Cc1ccccc1. The summed E-state index contributed by atoms with van der Waals surface area (Å²) < 4.78 is 21.9. The number of benzene rings is 1. The number of nitrogens with one attached hydrogen (secondary N) is 1. The molecule has 1 amide bonds. The van der Waals surface area contributed by atoms with Crippen LogP contribution in [0.5, 0.6) is 0 Å². The number of rotatable bonds is 7. The van der Waals surface area contributed by atoms with Gasteiger partial charge in [-0.1, -0.05) is 30.3 Å². The highest BCUT2D eigenvalue weighted by Gasteiger charge is 2.17. The Morgan fingerprint density at radius 1 is 1.35 bits per heavy atom. The molecule has 20 heavy (non-hydrogen) atoms. The van der Waals surface area contributed by atoms with Gasteiger partial charge in [0.05, 0.1) is 11.8 Å². The fourth-order valence-electron chi connectivity index (χ4n) is 1.72. The molecule has 6 heteroatoms. The van der Waals surface area contributed by atoms with Crippen LogP contribution in [0.2, 0.25) is 0 Å². The lowest BCUT2D eigenvalue weighted by atomic mass is 10.00. The van der Waals surface area contributed by atoms with E-state index in [1.807, 2.05) is 36.4 Å². The number of carbonyl (C=O) groups is 1. The highest BCUT2D eigenvalue weighted by molar-refractivity contribution is 7.90. The Hall–Kier alpha value is -1.87. The molecule has 0 aliphatic heterocycles. The van der Waals surface area contributed by atoms with Crippen LogP contribution in [0.15, 0.2) is 30.3 Å². The third-order valence-electron chi connectivity index (χ3n) is 2.75. The van der Waals surface area contributed by atoms with Crippen molar-refractivity contribution < 1.29 is 13.2 Å². The van der Waals surface area contributed by atoms with Crippen molar-refractivity contribution in [2.75, 3.05) is 18.6 Å². The topological polar surface area (TPSA) is 87.0 Å². The molecule has 1 unspecified atom stereocenters. The molecule has 108 valence electrons. The van der Waals surface area contributed by atoms with Crippen molar-refractivity contribution in [3.8, 4) is 6.07 Å². The normalized spacial score (nSPS) is 12.4. The molecule has 1 N–H and O–H groups in total. The summed E-state index contributed by atoms with van der Waals surface area (Å²) in [5.74, 6) is -1.08. The molecular weight excluding hydrogens is 276 g/mol. The fourth-order valence-corrected chi connectivity index (χ4v) is 2.38. The zero-order valence-electron chi connectivity index (χ0n) is 11.4. The van der Waals surface area contributed by atoms with Gasteiger partial charge in [0.1, 0.15) is 15.8 Å². The van der Waals surface area contributed by atoms with Crippen LogP contribution in [0.1, 0.15) is 12.0 Å². The van der Waals surface area contributed by atoms with E-state index in [1.165, 1.54) is 0 Å². The molecule has 1 atom stereocenters. The van der Waals surface area contributed by atoms with E-state index in [4.69, 9.17) is 5.26 Å². The second kappa shape index (κ2) is 7.65. The van der Waals surface area contributed by atoms with E-state index in [2.05, 4.69) is 5.32 Å². The highest BCUT2D eigenvalue weighted by Crippen LogP contribution is 2.08. The average molecular weight is 294 g/mol. The van der Waals surface area contributed by atoms with Crippen LogP contribution >= 0.6 is 0 Å². The van der Waals surface area contributed by atoms with E-state index in [1.54, 1.807) is 0 Å². The summed E-state index contributed by atoms with van der Waals surface area (Å²) in [4.78, 5) is 11.8. The van der Waals surface area contributed by atoms with Gasteiger partial charge in [0.25, 0.3) is 0 Å². The van der Waals surface area contributed by atoms with E-state index in [0.29, 0.717) is 12.8 Å². The van der Waals surface area contributed by atoms with Gasteiger partial charge in [-0.3, -0.25) is 4.79 Å². The molecule has 1 aromatic rings. The van der Waals surface area contributed by atoms with Crippen molar-refractivity contribution in [2.45, 2.75) is 12.8 Å². The first-order valence-corrected chi connectivity index (χ1v) is 8.37. The lowest BCUT2D eigenvalue weighted by Gasteiger charge is -2.10. The second-order valence-corrected chi connectivity index (χ2v) is 6.91. The molecule has 0 fully saturated rings. The Kier molecular flexibility index (Phi) is 6.19. The van der Waals surface area contributed by atoms with Crippen molar-refractivity contribution in [1.29, 1.82) is 5.26 Å². The molecule has 0 heterocycles. The van der Waals surface area contributed by atoms with E-state index >= 15 is 0 Å². The third kappa shape index (κ3) is 6.34. The first-order chi connectivity index (χ1) is 9.42. The number of nitrogens with zero attached hydrogens (tertiary/aromatic N) is 1. The van der Waals surface area contributed by atoms with Crippen LogP contribution in [0.25, 0.3) is 0 Å². The first kappa shape index (κ1) is 16.2. The van der Waals surface area contributed by atoms with Gasteiger partial charge in [0, 0.05) is 12.8 Å². The van der Waals surface area contributed by atoms with Crippen molar-refractivity contribution in [1.82, 2.24) is 5.32 Å². The molecule has 0 saturated carbocycles. The van der Waals surface area contributed by atoms with Crippen molar-refractivity contribution in [3.05, 3.63) is 35.9 Å². The third-order valence-corrected chi connectivity index (χ3v) is 3.78. The summed E-state index contributed by atoms with van der Waals surface area (Å²) in [7, 11) is -3.01. The molecule has 1 rings (SSSR count). The van der Waals surface area contributed by atoms with Gasteiger partial charge in [-0.25, -0.2) is 8.42 Å². The maximum Gasteiger partial charge on any atom is 0.237 e. The van der Waals surface area contributed by atoms with Crippen molar-refractivity contribution >= 4 is 15.7 Å². The summed E-state index contributed by atoms with van der Waals surface area (Å²) in [6.45, 7) is 0.263. The van der Waals surface area contributed by atoms with Gasteiger partial charge in [-0.05, 0) is 18.4 Å². The quantitative estimate of drug-likeness (QED) is 0.758. The number of nitriles is 1. The smallest absolute Gasteiger partial charge is 0.237 e. The number of sulfone groups is 1. The van der Waals surface area contributed by atoms with E-state index in [9.17, 15) is 13.2 Å². The summed E-state index contributed by atoms with van der Waals surface area (Å²) in [5.41, 5.74) is 0.922. The fraction of sp³-hybridized carbons (Fsp3) is 0.429. The minimum atomic E-state index is -3.01. The second-order valence-electron chi connectivity index (χ2n) is 4.65. The lowest BCUT2D eigenvalue weighted by molar-refractivity contribution is -0.123. The largest absolute Gasteiger partial charge is 0.355 e. The predicted octanol–water partition coefficient (Wildman–Crippen LogP) is 0.920. The van der Waals surface area contributed by atoms with Crippen LogP contribution < -0.4 is 5.32 Å². The maximum atomic E-state index is 11.8. The number of carbonyl (C=O) groups excluding carboxylic acids is 1. The van der Waals surface area contributed by atoms with Gasteiger partial charge >= 0.3 is 0 Å². The van der Waals surface area contributed by atoms with Crippen molar-refractivity contribution in [3.63, 3.8) is 0 Å². The van der Waals surface area contributed by atoms with E-state index in [-0.39, 0.29) is 18.2 Å². The average Bonchev–Trinajstić information content (AvgIpc) is 2.41. The molecular formula is C14H18N2O3S. The lowest BCUT2D eigenvalue weighted by Crippen LogP contribution is -2.32. The van der Waals surface area contributed by atoms with E-state index in [0.717, 1.165) is 11.8 Å². The zero-order valence-corrected chi connectivity index (χ0v) is 12.2. The first-order valence-electron chi connectivity index (χ1n) is 6.31. The van der Waals surface area contributed by atoms with Crippen molar-refractivity contribution in [2.24, 2.45) is 5.92 Å². The monoisotopic (exact) mass is 294 g/mol. The maximum absolute atomic E-state index is 11.8. The van der Waals surface area contributed by atoms with Crippen LogP contribution in [0.4, 0.5) is 0 Å². The summed E-state index contributed by atoms with van der Waals surface area (Å²) >= 11 is 0. The number of hydrogen-bond donors (Lipinski definition) is 1. The number of amides is 1. The molecule has 0 aliphatic rings. The Balaban J connectivity index is 2.42. The minimum absolute atomic E-state index is 0.0309. The predicted molar refractivity (Wildman–Crippen MR) is 76.6 cm³/mol. The van der Waals surface area contributed by atoms with Crippen LogP contribution in [0, 0.1) is 17.2 Å². The zero-order chi connectivity index (χ0) is 15.0. The summed E-state index contributed by atoms with van der Waals surface area (Å²) in [6.07, 6.45) is 1.87. The Bertz CT molecular complexity index is 576. The minimum Gasteiger partial charge on any atom is -0.355 e. The molecule has 0 bridgehead atoms. The van der Waals surface area contributed by atoms with Gasteiger partial charge in [0.15, 0.2) is 0 Å². The van der Waals surface area contributed by atoms with Gasteiger partial charge in [-0.15, -0.1) is 0 Å². The molecule has 5 nitrogen and oxygen atoms in total.